The molecule has 1 aliphatic heterocycles. The van der Waals surface area contributed by atoms with E-state index in [1.165, 1.54) is 24.9 Å². The molecule has 1 atom stereocenters. The van der Waals surface area contributed by atoms with Crippen molar-refractivity contribution in [2.75, 3.05) is 31.6 Å². The summed E-state index contributed by atoms with van der Waals surface area (Å²) >= 11 is 0. The highest BCUT2D eigenvalue weighted by molar-refractivity contribution is 5.56. The molecule has 2 aromatic rings. The molecule has 0 bridgehead atoms. The number of piperazine rings is 1. The molecule has 28 heavy (non-hydrogen) atoms. The molecule has 1 aromatic heterocycles. The summed E-state index contributed by atoms with van der Waals surface area (Å²) in [5, 5.41) is 21.8. The second-order valence-corrected chi connectivity index (χ2v) is 7.55. The third-order valence-electron chi connectivity index (χ3n) is 5.08. The SMILES string of the molecule is COc1cc([N+](=O)[O-])cnc1N1CCN(Cc2ccccc2)C(C(C)(C)O)C1. The summed E-state index contributed by atoms with van der Waals surface area (Å²) in [5.74, 6) is 0.918. The predicted octanol–water partition coefficient (Wildman–Crippen LogP) is 2.46. The molecule has 1 unspecified atom stereocenters. The monoisotopic (exact) mass is 386 g/mol. The molecule has 0 aliphatic carbocycles. The fourth-order valence-electron chi connectivity index (χ4n) is 3.60. The van der Waals surface area contributed by atoms with Crippen LogP contribution in [0.5, 0.6) is 5.75 Å². The Balaban J connectivity index is 1.84. The molecular weight excluding hydrogens is 360 g/mol. The van der Waals surface area contributed by atoms with Crippen molar-refractivity contribution in [2.24, 2.45) is 0 Å². The zero-order valence-electron chi connectivity index (χ0n) is 16.4. The minimum absolute atomic E-state index is 0.109. The van der Waals surface area contributed by atoms with E-state index < -0.39 is 10.5 Å². The molecular formula is C20H26N4O4. The summed E-state index contributed by atoms with van der Waals surface area (Å²) in [6.07, 6.45) is 1.24. The minimum atomic E-state index is -0.929. The molecule has 2 heterocycles. The van der Waals surface area contributed by atoms with Crippen LogP contribution in [-0.4, -0.2) is 58.3 Å². The molecule has 1 N–H and O–H groups in total. The summed E-state index contributed by atoms with van der Waals surface area (Å²) in [7, 11) is 1.48. The molecule has 1 saturated heterocycles. The number of methoxy groups -OCH3 is 1. The third-order valence-corrected chi connectivity index (χ3v) is 5.08. The van der Waals surface area contributed by atoms with E-state index in [0.717, 1.165) is 13.1 Å². The summed E-state index contributed by atoms with van der Waals surface area (Å²) in [5.41, 5.74) is 0.153. The fourth-order valence-corrected chi connectivity index (χ4v) is 3.60. The van der Waals surface area contributed by atoms with Crippen LogP contribution in [0.15, 0.2) is 42.6 Å². The van der Waals surface area contributed by atoms with Gasteiger partial charge in [-0.05, 0) is 19.4 Å². The van der Waals surface area contributed by atoms with E-state index in [4.69, 9.17) is 4.74 Å². The lowest BCUT2D eigenvalue weighted by molar-refractivity contribution is -0.385. The number of hydrogen-bond acceptors (Lipinski definition) is 7. The molecule has 0 radical (unpaired) electrons. The van der Waals surface area contributed by atoms with Crippen molar-refractivity contribution < 1.29 is 14.8 Å². The first kappa shape index (κ1) is 20.0. The predicted molar refractivity (Wildman–Crippen MR) is 107 cm³/mol. The van der Waals surface area contributed by atoms with Crippen molar-refractivity contribution in [3.8, 4) is 5.75 Å². The maximum Gasteiger partial charge on any atom is 0.291 e. The summed E-state index contributed by atoms with van der Waals surface area (Å²) in [4.78, 5) is 19.1. The first-order valence-corrected chi connectivity index (χ1v) is 9.23. The van der Waals surface area contributed by atoms with Gasteiger partial charge in [-0.2, -0.15) is 0 Å². The van der Waals surface area contributed by atoms with Crippen LogP contribution < -0.4 is 9.64 Å². The Morgan fingerprint density at radius 2 is 2.04 bits per heavy atom. The van der Waals surface area contributed by atoms with Gasteiger partial charge in [-0.25, -0.2) is 4.98 Å². The molecule has 8 nitrogen and oxygen atoms in total. The van der Waals surface area contributed by atoms with Gasteiger partial charge in [-0.15, -0.1) is 0 Å². The van der Waals surface area contributed by atoms with Crippen molar-refractivity contribution in [2.45, 2.75) is 32.0 Å². The van der Waals surface area contributed by atoms with Gasteiger partial charge in [0.1, 0.15) is 6.20 Å². The normalized spacial score (nSPS) is 18.1. The average Bonchev–Trinajstić information content (AvgIpc) is 2.67. The summed E-state index contributed by atoms with van der Waals surface area (Å²) < 4.78 is 5.35. The van der Waals surface area contributed by atoms with Gasteiger partial charge in [-0.1, -0.05) is 30.3 Å². The number of aliphatic hydroxyl groups is 1. The van der Waals surface area contributed by atoms with Crippen LogP contribution in [0.25, 0.3) is 0 Å². The number of rotatable bonds is 6. The second-order valence-electron chi connectivity index (χ2n) is 7.55. The average molecular weight is 386 g/mol. The van der Waals surface area contributed by atoms with E-state index in [-0.39, 0.29) is 11.7 Å². The fraction of sp³-hybridized carbons (Fsp3) is 0.450. The standard InChI is InChI=1S/C20H26N4O4/c1-20(2,25)18-14-23(10-9-22(18)13-15-7-5-4-6-8-15)19-17(28-3)11-16(12-21-19)24(26)27/h4-8,11-12,18,25H,9-10,13-14H2,1-3H3. The number of aromatic nitrogens is 1. The van der Waals surface area contributed by atoms with E-state index in [1.54, 1.807) is 13.8 Å². The highest BCUT2D eigenvalue weighted by Gasteiger charge is 2.38. The van der Waals surface area contributed by atoms with Crippen LogP contribution >= 0.6 is 0 Å². The van der Waals surface area contributed by atoms with Gasteiger partial charge in [-0.3, -0.25) is 15.0 Å². The van der Waals surface area contributed by atoms with Gasteiger partial charge in [0.05, 0.1) is 29.7 Å². The maximum absolute atomic E-state index is 11.0. The Labute approximate surface area is 164 Å². The number of nitro groups is 1. The second kappa shape index (κ2) is 8.12. The molecule has 0 spiro atoms. The number of nitrogens with zero attached hydrogens (tertiary/aromatic N) is 4. The van der Waals surface area contributed by atoms with Crippen LogP contribution in [0.1, 0.15) is 19.4 Å². The van der Waals surface area contributed by atoms with Crippen molar-refractivity contribution >= 4 is 11.5 Å². The Bertz CT molecular complexity index is 823. The molecule has 1 aliphatic rings. The highest BCUT2D eigenvalue weighted by Crippen LogP contribution is 2.32. The van der Waals surface area contributed by atoms with Crippen molar-refractivity contribution in [3.63, 3.8) is 0 Å². The maximum atomic E-state index is 11.0. The quantitative estimate of drug-likeness (QED) is 0.602. The Kier molecular flexibility index (Phi) is 5.81. The molecule has 1 fully saturated rings. The molecule has 150 valence electrons. The number of benzene rings is 1. The number of ether oxygens (including phenoxy) is 1. The van der Waals surface area contributed by atoms with Gasteiger partial charge in [0.15, 0.2) is 11.6 Å². The molecule has 3 rings (SSSR count). The van der Waals surface area contributed by atoms with Crippen molar-refractivity contribution in [3.05, 3.63) is 58.3 Å². The van der Waals surface area contributed by atoms with Crippen LogP contribution in [0.3, 0.4) is 0 Å². The smallest absolute Gasteiger partial charge is 0.291 e. The zero-order chi connectivity index (χ0) is 20.3. The third kappa shape index (κ3) is 4.40. The lowest BCUT2D eigenvalue weighted by atomic mass is 9.94. The highest BCUT2D eigenvalue weighted by atomic mass is 16.6. The van der Waals surface area contributed by atoms with Crippen LogP contribution in [0.2, 0.25) is 0 Å². The van der Waals surface area contributed by atoms with Crippen LogP contribution in [0.4, 0.5) is 11.5 Å². The lowest BCUT2D eigenvalue weighted by Crippen LogP contribution is -2.60. The number of hydrogen-bond donors (Lipinski definition) is 1. The van der Waals surface area contributed by atoms with E-state index in [0.29, 0.717) is 24.7 Å². The molecule has 1 aromatic carbocycles. The number of pyridine rings is 1. The first-order chi connectivity index (χ1) is 13.3. The summed E-state index contributed by atoms with van der Waals surface area (Å²) in [6, 6.07) is 11.4. The summed E-state index contributed by atoms with van der Waals surface area (Å²) in [6.45, 7) is 6.30. The van der Waals surface area contributed by atoms with Crippen LogP contribution in [-0.2, 0) is 6.54 Å². The number of anilines is 1. The van der Waals surface area contributed by atoms with Crippen LogP contribution in [0, 0.1) is 10.1 Å². The van der Waals surface area contributed by atoms with E-state index in [1.807, 2.05) is 23.1 Å². The molecule has 8 heteroatoms. The Morgan fingerprint density at radius 3 is 2.64 bits per heavy atom. The van der Waals surface area contributed by atoms with Gasteiger partial charge in [0.25, 0.3) is 5.69 Å². The molecule has 0 saturated carbocycles. The van der Waals surface area contributed by atoms with Gasteiger partial charge in [0, 0.05) is 26.2 Å². The topological polar surface area (TPSA) is 92.0 Å². The minimum Gasteiger partial charge on any atom is -0.493 e. The Hall–Kier alpha value is -2.71. The van der Waals surface area contributed by atoms with Crippen molar-refractivity contribution in [1.29, 1.82) is 0 Å². The van der Waals surface area contributed by atoms with Gasteiger partial charge < -0.3 is 14.7 Å². The molecule has 0 amide bonds. The Morgan fingerprint density at radius 1 is 1.32 bits per heavy atom. The first-order valence-electron chi connectivity index (χ1n) is 9.23. The van der Waals surface area contributed by atoms with Crippen molar-refractivity contribution in [1.82, 2.24) is 9.88 Å². The van der Waals surface area contributed by atoms with E-state index >= 15 is 0 Å². The van der Waals surface area contributed by atoms with E-state index in [2.05, 4.69) is 22.0 Å². The zero-order valence-corrected chi connectivity index (χ0v) is 16.4. The van der Waals surface area contributed by atoms with Gasteiger partial charge in [0.2, 0.25) is 0 Å². The van der Waals surface area contributed by atoms with E-state index in [9.17, 15) is 15.2 Å². The van der Waals surface area contributed by atoms with Gasteiger partial charge >= 0.3 is 0 Å². The lowest BCUT2D eigenvalue weighted by Gasteiger charge is -2.46. The largest absolute Gasteiger partial charge is 0.493 e.